The predicted molar refractivity (Wildman–Crippen MR) is 100 cm³/mol. The van der Waals surface area contributed by atoms with Crippen LogP contribution < -0.4 is 0 Å². The first kappa shape index (κ1) is 19.5. The van der Waals surface area contributed by atoms with Gasteiger partial charge in [0.2, 0.25) is 10.0 Å². The highest BCUT2D eigenvalue weighted by molar-refractivity contribution is 7.94. The number of nitrogens with zero attached hydrogens (tertiary/aromatic N) is 2. The molecule has 0 amide bonds. The average Bonchev–Trinajstić information content (AvgIpc) is 2.89. The average molecular weight is 364 g/mol. The Morgan fingerprint density at radius 2 is 1.44 bits per heavy atom. The second-order valence-corrected chi connectivity index (χ2v) is 8.90. The minimum atomic E-state index is -3.89. The molecule has 1 heterocycles. The fourth-order valence-corrected chi connectivity index (χ4v) is 4.36. The zero-order valence-corrected chi connectivity index (χ0v) is 16.8. The van der Waals surface area contributed by atoms with Crippen molar-refractivity contribution in [2.75, 3.05) is 0 Å². The molecule has 1 aromatic carbocycles. The van der Waals surface area contributed by atoms with Crippen molar-refractivity contribution in [3.05, 3.63) is 45.4 Å². The van der Waals surface area contributed by atoms with Gasteiger partial charge in [0, 0.05) is 0 Å². The van der Waals surface area contributed by atoms with Gasteiger partial charge in [0.25, 0.3) is 0 Å². The van der Waals surface area contributed by atoms with Crippen molar-refractivity contribution in [2.24, 2.45) is 0 Å². The Labute approximate surface area is 150 Å². The van der Waals surface area contributed by atoms with E-state index in [0.717, 1.165) is 16.7 Å². The molecule has 0 radical (unpaired) electrons. The van der Waals surface area contributed by atoms with Gasteiger partial charge in [-0.1, -0.05) is 53.7 Å². The lowest BCUT2D eigenvalue weighted by atomic mass is 9.89. The van der Waals surface area contributed by atoms with E-state index in [9.17, 15) is 8.42 Å². The minimum Gasteiger partial charge on any atom is -0.460 e. The Hall–Kier alpha value is -1.82. The van der Waals surface area contributed by atoms with Crippen LogP contribution in [0.3, 0.4) is 0 Å². The van der Waals surface area contributed by atoms with Crippen LogP contribution in [-0.4, -0.2) is 13.6 Å². The second kappa shape index (κ2) is 7.20. The first-order chi connectivity index (χ1) is 11.5. The van der Waals surface area contributed by atoms with E-state index < -0.39 is 10.0 Å². The monoisotopic (exact) mass is 363 g/mol. The van der Waals surface area contributed by atoms with Crippen molar-refractivity contribution in [3.63, 3.8) is 0 Å². The summed E-state index contributed by atoms with van der Waals surface area (Å²) >= 11 is 0. The summed E-state index contributed by atoms with van der Waals surface area (Å²) in [5.41, 5.74) is 2.75. The number of rotatable bonds is 6. The van der Waals surface area contributed by atoms with Crippen molar-refractivity contribution < 1.29 is 12.9 Å². The molecule has 0 fully saturated rings. The van der Waals surface area contributed by atoms with Crippen LogP contribution in [0.15, 0.2) is 27.6 Å². The number of aryl methyl sites for hydroxylation is 1. The Bertz CT molecular complexity index is 820. The third-order valence-electron chi connectivity index (χ3n) is 4.17. The standard InChI is InChI=1S/C19H27N2O3S/c1-11(2)15-9-16(12(3)4)19(17(10-15)13(5)6)25(22,23)21-18-8-14(7)24-20-18/h8-13H,1-7H3/q-1. The van der Waals surface area contributed by atoms with Crippen LogP contribution in [0.4, 0.5) is 5.82 Å². The van der Waals surface area contributed by atoms with E-state index in [4.69, 9.17) is 4.52 Å². The lowest BCUT2D eigenvalue weighted by Crippen LogP contribution is -2.11. The van der Waals surface area contributed by atoms with Gasteiger partial charge in [-0.05, 0) is 53.3 Å². The molecule has 0 saturated heterocycles. The molecule has 0 spiro atoms. The fraction of sp³-hybridized carbons (Fsp3) is 0.526. The largest absolute Gasteiger partial charge is 0.460 e. The molecule has 1 aromatic heterocycles. The molecule has 0 N–H and O–H groups in total. The summed E-state index contributed by atoms with van der Waals surface area (Å²) in [6.07, 6.45) is 0. The molecular formula is C19H27N2O3S-. The predicted octanol–water partition coefficient (Wildman–Crippen LogP) is 5.75. The van der Waals surface area contributed by atoms with Gasteiger partial charge in [0.1, 0.15) is 5.76 Å². The molecule has 2 aromatic rings. The van der Waals surface area contributed by atoms with Gasteiger partial charge in [0.05, 0.1) is 4.90 Å². The molecule has 25 heavy (non-hydrogen) atoms. The fourth-order valence-electron chi connectivity index (χ4n) is 2.75. The van der Waals surface area contributed by atoms with Crippen LogP contribution in [0, 0.1) is 6.92 Å². The molecular weight excluding hydrogens is 336 g/mol. The number of benzene rings is 1. The van der Waals surface area contributed by atoms with E-state index in [1.165, 1.54) is 6.07 Å². The highest BCUT2D eigenvalue weighted by Gasteiger charge is 2.25. The van der Waals surface area contributed by atoms with Crippen LogP contribution >= 0.6 is 0 Å². The molecule has 2 rings (SSSR count). The van der Waals surface area contributed by atoms with Gasteiger partial charge in [-0.3, -0.25) is 5.16 Å². The first-order valence-electron chi connectivity index (χ1n) is 8.62. The Morgan fingerprint density at radius 3 is 1.80 bits per heavy atom. The highest BCUT2D eigenvalue weighted by atomic mass is 32.2. The zero-order chi connectivity index (χ0) is 18.9. The van der Waals surface area contributed by atoms with Crippen molar-refractivity contribution in [3.8, 4) is 0 Å². The second-order valence-electron chi connectivity index (χ2n) is 7.35. The van der Waals surface area contributed by atoms with Crippen molar-refractivity contribution in [1.29, 1.82) is 0 Å². The van der Waals surface area contributed by atoms with Gasteiger partial charge in [-0.15, -0.1) is 0 Å². The van der Waals surface area contributed by atoms with Crippen LogP contribution in [0.2, 0.25) is 0 Å². The minimum absolute atomic E-state index is 0.0650. The first-order valence-corrected chi connectivity index (χ1v) is 10.1. The molecule has 0 atom stereocenters. The van der Waals surface area contributed by atoms with Gasteiger partial charge >= 0.3 is 0 Å². The molecule has 0 saturated carbocycles. The highest BCUT2D eigenvalue weighted by Crippen LogP contribution is 2.39. The lowest BCUT2D eigenvalue weighted by Gasteiger charge is -2.24. The third-order valence-corrected chi connectivity index (χ3v) is 5.58. The lowest BCUT2D eigenvalue weighted by molar-refractivity contribution is 0.401. The zero-order valence-electron chi connectivity index (χ0n) is 16.0. The maximum absolute atomic E-state index is 13.1. The summed E-state index contributed by atoms with van der Waals surface area (Å²) in [5, 5.41) is 3.70. The van der Waals surface area contributed by atoms with E-state index >= 15 is 0 Å². The number of hydrogen-bond acceptors (Lipinski definition) is 4. The molecule has 0 aliphatic heterocycles. The number of sulfonamides is 1. The number of aromatic nitrogens is 1. The SMILES string of the molecule is Cc1cc([N-]S(=O)(=O)c2c(C(C)C)cc(C(C)C)cc2C(C)C)no1. The van der Waals surface area contributed by atoms with Gasteiger partial charge < -0.3 is 9.25 Å². The summed E-state index contributed by atoms with van der Waals surface area (Å²) in [5.74, 6) is 1.06. The summed E-state index contributed by atoms with van der Waals surface area (Å²) in [6.45, 7) is 13.9. The molecule has 0 aliphatic carbocycles. The Kier molecular flexibility index (Phi) is 5.62. The van der Waals surface area contributed by atoms with Crippen LogP contribution in [0.1, 0.15) is 81.7 Å². The maximum Gasteiger partial charge on any atom is 0.203 e. The maximum atomic E-state index is 13.1. The normalized spacial score (nSPS) is 12.4. The van der Waals surface area contributed by atoms with Crippen molar-refractivity contribution in [2.45, 2.75) is 71.1 Å². The van der Waals surface area contributed by atoms with Gasteiger partial charge in [-0.25, -0.2) is 8.42 Å². The van der Waals surface area contributed by atoms with Crippen molar-refractivity contribution >= 4 is 15.8 Å². The molecule has 0 aliphatic rings. The van der Waals surface area contributed by atoms with Crippen LogP contribution in [0.5, 0.6) is 0 Å². The molecule has 0 unspecified atom stereocenters. The van der Waals surface area contributed by atoms with Gasteiger partial charge in [-0.2, -0.15) is 0 Å². The van der Waals surface area contributed by atoms with E-state index in [-0.39, 0.29) is 17.7 Å². The van der Waals surface area contributed by atoms with Gasteiger partial charge in [0.15, 0.2) is 0 Å². The van der Waals surface area contributed by atoms with Crippen LogP contribution in [0.25, 0.3) is 4.72 Å². The topological polar surface area (TPSA) is 74.3 Å². The van der Waals surface area contributed by atoms with E-state index in [2.05, 4.69) is 23.7 Å². The Balaban J connectivity index is 2.68. The molecule has 138 valence electrons. The molecule has 0 bridgehead atoms. The summed E-state index contributed by atoms with van der Waals surface area (Å²) in [6, 6.07) is 5.51. The third kappa shape index (κ3) is 4.24. The van der Waals surface area contributed by atoms with Crippen molar-refractivity contribution in [1.82, 2.24) is 5.16 Å². The van der Waals surface area contributed by atoms with E-state index in [1.54, 1.807) is 6.92 Å². The summed E-state index contributed by atoms with van der Waals surface area (Å²) in [7, 11) is -3.89. The van der Waals surface area contributed by atoms with E-state index in [1.807, 2.05) is 39.8 Å². The quantitative estimate of drug-likeness (QED) is 0.655. The Morgan fingerprint density at radius 1 is 0.920 bits per heavy atom. The van der Waals surface area contributed by atoms with Crippen LogP contribution in [-0.2, 0) is 10.0 Å². The molecule has 5 nitrogen and oxygen atoms in total. The molecule has 6 heteroatoms. The number of hydrogen-bond donors (Lipinski definition) is 0. The summed E-state index contributed by atoms with van der Waals surface area (Å²) < 4.78 is 35.0. The summed E-state index contributed by atoms with van der Waals surface area (Å²) in [4.78, 5) is 0.308. The van der Waals surface area contributed by atoms with E-state index in [0.29, 0.717) is 16.6 Å². The smallest absolute Gasteiger partial charge is 0.203 e.